The summed E-state index contributed by atoms with van der Waals surface area (Å²) in [5.41, 5.74) is 2.65. The highest BCUT2D eigenvalue weighted by atomic mass is 16.5. The number of imidazole rings is 1. The number of ether oxygens (including phenoxy) is 1. The van der Waals surface area contributed by atoms with Crippen LogP contribution in [0.5, 0.6) is 0 Å². The molecule has 5 heteroatoms. The number of nitrogens with zero attached hydrogens (tertiary/aromatic N) is 2. The molecular weight excluding hydrogens is 386 g/mol. The maximum atomic E-state index is 12.7. The number of aryl methyl sites for hydroxylation is 1. The van der Waals surface area contributed by atoms with Gasteiger partial charge in [-0.15, -0.1) is 0 Å². The molecule has 2 heterocycles. The molecule has 166 valence electrons. The molecule has 2 aromatic rings. The van der Waals surface area contributed by atoms with E-state index < -0.39 is 0 Å². The normalized spacial score (nSPS) is 33.5. The minimum absolute atomic E-state index is 0.0135. The van der Waals surface area contributed by atoms with E-state index in [0.717, 1.165) is 24.5 Å². The fourth-order valence-corrected chi connectivity index (χ4v) is 6.90. The number of fused-ring (bicyclic) bond motifs is 1. The fourth-order valence-electron chi connectivity index (χ4n) is 6.90. The Bertz CT molecular complexity index is 977. The Balaban J connectivity index is 1.45. The molecule has 0 radical (unpaired) electrons. The van der Waals surface area contributed by atoms with Crippen LogP contribution < -0.4 is 5.32 Å². The third-order valence-electron chi connectivity index (χ3n) is 8.64. The van der Waals surface area contributed by atoms with Crippen molar-refractivity contribution in [2.24, 2.45) is 28.6 Å². The van der Waals surface area contributed by atoms with Gasteiger partial charge in [-0.1, -0.05) is 39.8 Å². The zero-order valence-electron chi connectivity index (χ0n) is 19.4. The molecule has 31 heavy (non-hydrogen) atoms. The highest BCUT2D eigenvalue weighted by Gasteiger charge is 2.68. The van der Waals surface area contributed by atoms with Gasteiger partial charge in [0.15, 0.2) is 0 Å². The molecule has 2 aliphatic carbocycles. The van der Waals surface area contributed by atoms with Crippen LogP contribution in [-0.4, -0.2) is 28.1 Å². The smallest absolute Gasteiger partial charge is 0.222 e. The summed E-state index contributed by atoms with van der Waals surface area (Å²) in [6.45, 7) is 11.5. The van der Waals surface area contributed by atoms with Gasteiger partial charge in [0.1, 0.15) is 5.82 Å². The number of carbonyl (C=O) groups excluding carboxylic acids is 1. The zero-order valence-corrected chi connectivity index (χ0v) is 19.4. The van der Waals surface area contributed by atoms with Gasteiger partial charge < -0.3 is 14.6 Å². The summed E-state index contributed by atoms with van der Waals surface area (Å²) in [6, 6.07) is 9.00. The Morgan fingerprint density at radius 3 is 2.65 bits per heavy atom. The van der Waals surface area contributed by atoms with Crippen LogP contribution >= 0.6 is 0 Å². The summed E-state index contributed by atoms with van der Waals surface area (Å²) < 4.78 is 8.52. The second-order valence-electron chi connectivity index (χ2n) is 10.9. The number of hydrogen-bond acceptors (Lipinski definition) is 3. The van der Waals surface area contributed by atoms with E-state index in [9.17, 15) is 4.79 Å². The second kappa shape index (κ2) is 7.19. The van der Waals surface area contributed by atoms with Gasteiger partial charge in [0.05, 0.1) is 6.10 Å². The quantitative estimate of drug-likeness (QED) is 0.769. The molecule has 2 bridgehead atoms. The van der Waals surface area contributed by atoms with E-state index in [1.165, 1.54) is 18.4 Å². The molecule has 3 aliphatic rings. The van der Waals surface area contributed by atoms with E-state index in [0.29, 0.717) is 11.8 Å². The zero-order chi connectivity index (χ0) is 22.0. The monoisotopic (exact) mass is 421 g/mol. The van der Waals surface area contributed by atoms with Crippen molar-refractivity contribution in [2.75, 3.05) is 6.61 Å². The van der Waals surface area contributed by atoms with Crippen molar-refractivity contribution in [3.63, 3.8) is 0 Å². The molecule has 1 aromatic carbocycles. The predicted octanol–water partition coefficient (Wildman–Crippen LogP) is 4.84. The van der Waals surface area contributed by atoms with Crippen LogP contribution in [-0.2, 0) is 9.53 Å². The highest BCUT2D eigenvalue weighted by Crippen LogP contribution is 2.70. The van der Waals surface area contributed by atoms with Crippen molar-refractivity contribution in [1.29, 1.82) is 0 Å². The number of nitrogens with one attached hydrogen (secondary N) is 1. The van der Waals surface area contributed by atoms with Crippen LogP contribution in [0.3, 0.4) is 0 Å². The third kappa shape index (κ3) is 3.07. The molecule has 1 aliphatic heterocycles. The van der Waals surface area contributed by atoms with E-state index in [1.807, 2.05) is 33.2 Å². The Labute approximate surface area is 185 Å². The molecule has 1 aromatic heterocycles. The van der Waals surface area contributed by atoms with Gasteiger partial charge >= 0.3 is 0 Å². The van der Waals surface area contributed by atoms with Gasteiger partial charge in [-0.25, -0.2) is 4.98 Å². The molecule has 1 N–H and O–H groups in total. The van der Waals surface area contributed by atoms with E-state index in [1.54, 1.807) is 0 Å². The van der Waals surface area contributed by atoms with Gasteiger partial charge in [-0.3, -0.25) is 4.79 Å². The van der Waals surface area contributed by atoms with Gasteiger partial charge in [-0.2, -0.15) is 0 Å². The van der Waals surface area contributed by atoms with Crippen LogP contribution in [0, 0.1) is 35.5 Å². The second-order valence-corrected chi connectivity index (χ2v) is 10.9. The van der Waals surface area contributed by atoms with Crippen molar-refractivity contribution >= 4 is 5.91 Å². The highest BCUT2D eigenvalue weighted by molar-refractivity contribution is 5.78. The van der Waals surface area contributed by atoms with Crippen LogP contribution in [0.15, 0.2) is 36.7 Å². The number of carbonyl (C=O) groups is 1. The Hall–Kier alpha value is -2.14. The molecule has 3 fully saturated rings. The SMILES string of the molecule is Cc1nccn1-c1ccc([C@H]2OCCC34C[C@@H](C[C@H]23)C(C)(C)[C@@H]4NC(=O)C(C)C)cc1. The van der Waals surface area contributed by atoms with E-state index >= 15 is 0 Å². The summed E-state index contributed by atoms with van der Waals surface area (Å²) in [4.78, 5) is 17.0. The molecule has 1 spiro atoms. The topological polar surface area (TPSA) is 56.1 Å². The van der Waals surface area contributed by atoms with Crippen LogP contribution in [0.25, 0.3) is 5.69 Å². The molecule has 1 saturated heterocycles. The van der Waals surface area contributed by atoms with Crippen molar-refractivity contribution in [3.8, 4) is 5.69 Å². The van der Waals surface area contributed by atoms with Crippen LogP contribution in [0.1, 0.15) is 64.4 Å². The number of rotatable bonds is 4. The molecule has 1 unspecified atom stereocenters. The fraction of sp³-hybridized carbons (Fsp3) is 0.615. The summed E-state index contributed by atoms with van der Waals surface area (Å²) in [7, 11) is 0. The Morgan fingerprint density at radius 2 is 2.00 bits per heavy atom. The Kier molecular flexibility index (Phi) is 4.81. The minimum Gasteiger partial charge on any atom is -0.373 e. The van der Waals surface area contributed by atoms with Crippen molar-refractivity contribution in [3.05, 3.63) is 48.0 Å². The summed E-state index contributed by atoms with van der Waals surface area (Å²) in [5.74, 6) is 2.27. The number of hydrogen-bond donors (Lipinski definition) is 1. The average molecular weight is 422 g/mol. The summed E-state index contributed by atoms with van der Waals surface area (Å²) >= 11 is 0. The molecular formula is C26H35N3O2. The Morgan fingerprint density at radius 1 is 1.26 bits per heavy atom. The van der Waals surface area contributed by atoms with Crippen molar-refractivity contribution in [1.82, 2.24) is 14.9 Å². The first kappa shape index (κ1) is 20.7. The molecule has 2 saturated carbocycles. The largest absolute Gasteiger partial charge is 0.373 e. The lowest BCUT2D eigenvalue weighted by Crippen LogP contribution is -2.59. The first-order chi connectivity index (χ1) is 14.7. The minimum atomic E-state index is 0.0135. The first-order valence-electron chi connectivity index (χ1n) is 11.8. The molecule has 5 rings (SSSR count). The third-order valence-corrected chi connectivity index (χ3v) is 8.64. The van der Waals surface area contributed by atoms with E-state index in [2.05, 4.69) is 53.0 Å². The van der Waals surface area contributed by atoms with Crippen molar-refractivity contribution < 1.29 is 9.53 Å². The van der Waals surface area contributed by atoms with Gasteiger partial charge in [0.2, 0.25) is 5.91 Å². The average Bonchev–Trinajstić information content (AvgIpc) is 3.40. The van der Waals surface area contributed by atoms with E-state index in [4.69, 9.17) is 4.74 Å². The lowest BCUT2D eigenvalue weighted by atomic mass is 9.58. The summed E-state index contributed by atoms with van der Waals surface area (Å²) in [6.07, 6.45) is 7.37. The van der Waals surface area contributed by atoms with Gasteiger partial charge in [0.25, 0.3) is 0 Å². The lowest BCUT2D eigenvalue weighted by molar-refractivity contribution is -0.139. The van der Waals surface area contributed by atoms with Gasteiger partial charge in [0, 0.05) is 36.6 Å². The number of benzene rings is 1. The lowest BCUT2D eigenvalue weighted by Gasteiger charge is -2.53. The maximum Gasteiger partial charge on any atom is 0.222 e. The first-order valence-corrected chi connectivity index (χ1v) is 11.8. The standard InChI is InChI=1S/C26H35N3O2/c1-16(2)23(30)28-24-25(4,5)19-14-21-22(31-13-10-26(21,24)15-19)18-6-8-20(9-7-18)29-12-11-27-17(29)3/h6-9,11-12,16,19,21-22,24H,10,13-15H2,1-5H3,(H,28,30)/t19-,21-,22-,24+,26?/m1/s1. The van der Waals surface area contributed by atoms with Crippen molar-refractivity contribution in [2.45, 2.75) is 66.0 Å². The van der Waals surface area contributed by atoms with Crippen LogP contribution in [0.4, 0.5) is 0 Å². The number of amides is 1. The molecule has 1 amide bonds. The van der Waals surface area contributed by atoms with E-state index in [-0.39, 0.29) is 34.8 Å². The molecule has 5 atom stereocenters. The summed E-state index contributed by atoms with van der Waals surface area (Å²) in [5, 5.41) is 3.49. The number of aromatic nitrogens is 2. The van der Waals surface area contributed by atoms with Crippen LogP contribution in [0.2, 0.25) is 0 Å². The molecule has 5 nitrogen and oxygen atoms in total. The predicted molar refractivity (Wildman–Crippen MR) is 121 cm³/mol. The maximum absolute atomic E-state index is 12.7. The van der Waals surface area contributed by atoms with Gasteiger partial charge in [-0.05, 0) is 66.5 Å².